The Balaban J connectivity index is 1.59. The highest BCUT2D eigenvalue weighted by Gasteiger charge is 2.36. The molecule has 4 aromatic rings. The smallest absolute Gasteiger partial charge is 0.264 e. The zero-order chi connectivity index (χ0) is 33.6. The number of anilines is 1. The van der Waals surface area contributed by atoms with Crippen LogP contribution in [-0.2, 0) is 32.6 Å². The van der Waals surface area contributed by atoms with E-state index in [0.29, 0.717) is 16.3 Å². The number of hydrogen-bond acceptors (Lipinski definition) is 4. The van der Waals surface area contributed by atoms with Crippen molar-refractivity contribution in [3.05, 3.63) is 129 Å². The van der Waals surface area contributed by atoms with Gasteiger partial charge in [0, 0.05) is 28.5 Å². The molecular weight excluding hydrogens is 698 g/mol. The molecule has 2 amide bonds. The van der Waals surface area contributed by atoms with E-state index in [4.69, 9.17) is 11.6 Å². The van der Waals surface area contributed by atoms with Gasteiger partial charge in [0.1, 0.15) is 12.6 Å². The summed E-state index contributed by atoms with van der Waals surface area (Å²) in [6, 6.07) is 27.8. The fourth-order valence-corrected chi connectivity index (χ4v) is 8.04. The zero-order valence-electron chi connectivity index (χ0n) is 26.5. The molecule has 0 saturated heterocycles. The number of rotatable bonds is 12. The Kier molecular flexibility index (Phi) is 11.4. The van der Waals surface area contributed by atoms with Gasteiger partial charge in [-0.25, -0.2) is 8.42 Å². The van der Waals surface area contributed by atoms with Gasteiger partial charge < -0.3 is 10.2 Å². The number of aryl methyl sites for hydroxylation is 2. The first-order chi connectivity index (χ1) is 22.5. The van der Waals surface area contributed by atoms with Gasteiger partial charge in [0.15, 0.2) is 0 Å². The normalized spacial score (nSPS) is 14.0. The van der Waals surface area contributed by atoms with Gasteiger partial charge in [-0.05, 0) is 79.8 Å². The van der Waals surface area contributed by atoms with E-state index in [1.165, 1.54) is 17.0 Å². The fraction of sp³-hybridized carbons (Fsp3) is 0.297. The first-order valence-electron chi connectivity index (χ1n) is 15.7. The Morgan fingerprint density at radius 2 is 1.57 bits per heavy atom. The fourth-order valence-electron chi connectivity index (χ4n) is 5.96. The summed E-state index contributed by atoms with van der Waals surface area (Å²) in [5, 5.41) is 3.54. The largest absolute Gasteiger partial charge is 0.352 e. The molecule has 1 aliphatic rings. The maximum atomic E-state index is 14.7. The number of carbonyl (C=O) groups is 2. The van der Waals surface area contributed by atoms with Gasteiger partial charge in [-0.2, -0.15) is 0 Å². The van der Waals surface area contributed by atoms with Crippen LogP contribution >= 0.6 is 27.5 Å². The molecule has 0 radical (unpaired) electrons. The van der Waals surface area contributed by atoms with Gasteiger partial charge >= 0.3 is 0 Å². The van der Waals surface area contributed by atoms with Crippen molar-refractivity contribution >= 4 is 55.1 Å². The number of nitrogens with one attached hydrogen (secondary N) is 1. The van der Waals surface area contributed by atoms with Crippen LogP contribution in [0.5, 0.6) is 0 Å². The van der Waals surface area contributed by atoms with Gasteiger partial charge in [-0.15, -0.1) is 0 Å². The van der Waals surface area contributed by atoms with E-state index >= 15 is 0 Å². The summed E-state index contributed by atoms with van der Waals surface area (Å²) in [4.78, 5) is 30.4. The third-order valence-corrected chi connectivity index (χ3v) is 11.0. The monoisotopic (exact) mass is 735 g/mol. The second kappa shape index (κ2) is 15.5. The summed E-state index contributed by atoms with van der Waals surface area (Å²) in [6.45, 7) is 3.22. The minimum atomic E-state index is -4.22. The van der Waals surface area contributed by atoms with Crippen LogP contribution in [0.2, 0.25) is 5.02 Å². The van der Waals surface area contributed by atoms with Crippen molar-refractivity contribution in [1.82, 2.24) is 10.2 Å². The van der Waals surface area contributed by atoms with Crippen LogP contribution in [0.1, 0.15) is 47.9 Å². The van der Waals surface area contributed by atoms with Gasteiger partial charge in [0.2, 0.25) is 11.8 Å². The molecule has 1 N–H and O–H groups in total. The molecule has 0 heterocycles. The van der Waals surface area contributed by atoms with Crippen LogP contribution in [0.4, 0.5) is 5.69 Å². The molecule has 4 aromatic carbocycles. The summed E-state index contributed by atoms with van der Waals surface area (Å²) in [5.41, 5.74) is 3.52. The number of hydrogen-bond donors (Lipinski definition) is 1. The molecule has 0 spiro atoms. The van der Waals surface area contributed by atoms with Crippen molar-refractivity contribution in [1.29, 1.82) is 0 Å². The molecule has 7 nitrogen and oxygen atoms in total. The van der Waals surface area contributed by atoms with Crippen LogP contribution in [-0.4, -0.2) is 43.8 Å². The molecule has 0 aromatic heterocycles. The van der Waals surface area contributed by atoms with Crippen molar-refractivity contribution in [2.24, 2.45) is 0 Å². The number of nitrogens with zero attached hydrogens (tertiary/aromatic N) is 2. The Morgan fingerprint density at radius 3 is 2.26 bits per heavy atom. The molecule has 47 heavy (non-hydrogen) atoms. The van der Waals surface area contributed by atoms with Gasteiger partial charge in [0.25, 0.3) is 10.0 Å². The minimum absolute atomic E-state index is 0.0381. The summed E-state index contributed by atoms with van der Waals surface area (Å²) in [5.74, 6) is -0.765. The predicted molar refractivity (Wildman–Crippen MR) is 191 cm³/mol. The van der Waals surface area contributed by atoms with Crippen molar-refractivity contribution in [2.45, 2.75) is 69.5 Å². The van der Waals surface area contributed by atoms with Crippen molar-refractivity contribution < 1.29 is 18.0 Å². The highest BCUT2D eigenvalue weighted by Crippen LogP contribution is 2.30. The predicted octanol–water partition coefficient (Wildman–Crippen LogP) is 7.61. The number of benzene rings is 4. The lowest BCUT2D eigenvalue weighted by atomic mass is 10.0. The van der Waals surface area contributed by atoms with Gasteiger partial charge in [-0.1, -0.05) is 107 Å². The van der Waals surface area contributed by atoms with E-state index in [1.807, 2.05) is 61.5 Å². The lowest BCUT2D eigenvalue weighted by Crippen LogP contribution is -2.54. The highest BCUT2D eigenvalue weighted by molar-refractivity contribution is 9.10. The summed E-state index contributed by atoms with van der Waals surface area (Å²) in [7, 11) is -4.22. The number of sulfonamides is 1. The average molecular weight is 737 g/mol. The molecule has 0 bridgehead atoms. The summed E-state index contributed by atoms with van der Waals surface area (Å²) >= 11 is 9.92. The second-order valence-electron chi connectivity index (χ2n) is 12.1. The third kappa shape index (κ3) is 8.83. The molecule has 1 saturated carbocycles. The number of halogens is 2. The molecule has 1 unspecified atom stereocenters. The van der Waals surface area contributed by atoms with Crippen molar-refractivity contribution in [3.63, 3.8) is 0 Å². The SMILES string of the molecule is Cc1ccc(S(=O)(=O)N(CC(=O)N(Cc2cccc(Br)c2)C(Cc2ccccc2)C(=O)NC2CCCC2)c2cc(Cl)ccc2C)cc1. The average Bonchev–Trinajstić information content (AvgIpc) is 3.56. The van der Waals surface area contributed by atoms with E-state index in [9.17, 15) is 18.0 Å². The van der Waals surface area contributed by atoms with Crippen molar-refractivity contribution in [2.75, 3.05) is 10.8 Å². The second-order valence-corrected chi connectivity index (χ2v) is 15.3. The Morgan fingerprint density at radius 1 is 0.894 bits per heavy atom. The molecule has 0 aliphatic heterocycles. The lowest BCUT2D eigenvalue weighted by Gasteiger charge is -2.34. The van der Waals surface area contributed by atoms with Crippen LogP contribution in [0.3, 0.4) is 0 Å². The molecule has 5 rings (SSSR count). The Hall–Kier alpha value is -3.66. The highest BCUT2D eigenvalue weighted by atomic mass is 79.9. The topological polar surface area (TPSA) is 86.8 Å². The van der Waals surface area contributed by atoms with E-state index in [0.717, 1.165) is 51.2 Å². The Bertz CT molecular complexity index is 1810. The van der Waals surface area contributed by atoms with Crippen LogP contribution in [0.25, 0.3) is 0 Å². The van der Waals surface area contributed by atoms with Crippen LogP contribution in [0.15, 0.2) is 106 Å². The van der Waals surface area contributed by atoms with E-state index in [1.54, 1.807) is 37.3 Å². The maximum Gasteiger partial charge on any atom is 0.264 e. The van der Waals surface area contributed by atoms with Crippen LogP contribution < -0.4 is 9.62 Å². The zero-order valence-corrected chi connectivity index (χ0v) is 29.7. The van der Waals surface area contributed by atoms with E-state index in [-0.39, 0.29) is 29.8 Å². The van der Waals surface area contributed by atoms with Crippen LogP contribution in [0, 0.1) is 13.8 Å². The quantitative estimate of drug-likeness (QED) is 0.162. The van der Waals surface area contributed by atoms with Gasteiger partial charge in [-0.3, -0.25) is 13.9 Å². The van der Waals surface area contributed by atoms with Gasteiger partial charge in [0.05, 0.1) is 10.6 Å². The molecular formula is C37H39BrClN3O4S. The summed E-state index contributed by atoms with van der Waals surface area (Å²) < 4.78 is 30.6. The standard InChI is InChI=1S/C37H39BrClN3O4S/c1-26-15-19-33(20-16-26)47(45,46)42(34-23-31(39)18-17-27(34)2)25-36(43)41(24-29-11-8-12-30(38)21-29)35(22-28-9-4-3-5-10-28)37(44)40-32-13-6-7-14-32/h3-5,8-12,15-21,23,32,35H,6-7,13-14,22,24-25H2,1-2H3,(H,40,44). The van der Waals surface area contributed by atoms with E-state index < -0.39 is 28.5 Å². The minimum Gasteiger partial charge on any atom is -0.352 e. The molecule has 1 aliphatic carbocycles. The van der Waals surface area contributed by atoms with E-state index in [2.05, 4.69) is 21.2 Å². The van der Waals surface area contributed by atoms with Crippen molar-refractivity contribution in [3.8, 4) is 0 Å². The number of carbonyl (C=O) groups excluding carboxylic acids is 2. The maximum absolute atomic E-state index is 14.7. The molecule has 246 valence electrons. The Labute approximate surface area is 291 Å². The summed E-state index contributed by atoms with van der Waals surface area (Å²) in [6.07, 6.45) is 4.12. The molecule has 10 heteroatoms. The molecule has 1 atom stereocenters. The third-order valence-electron chi connectivity index (χ3n) is 8.54. The first kappa shape index (κ1) is 34.7. The first-order valence-corrected chi connectivity index (χ1v) is 18.4. The number of amides is 2. The molecule has 1 fully saturated rings. The lowest BCUT2D eigenvalue weighted by molar-refractivity contribution is -0.140.